The van der Waals surface area contributed by atoms with Gasteiger partial charge < -0.3 is 65.6 Å². The van der Waals surface area contributed by atoms with Crippen molar-refractivity contribution in [2.75, 3.05) is 37.9 Å². The summed E-state index contributed by atoms with van der Waals surface area (Å²) in [5.74, 6) is -8.52. The minimum absolute atomic E-state index is 0.0110. The van der Waals surface area contributed by atoms with Crippen LogP contribution < -0.4 is 25.0 Å². The van der Waals surface area contributed by atoms with Gasteiger partial charge in [-0.3, -0.25) is 37.8 Å². The van der Waals surface area contributed by atoms with E-state index < -0.39 is 89.4 Å². The first-order valence-corrected chi connectivity index (χ1v) is 43.1. The van der Waals surface area contributed by atoms with Gasteiger partial charge in [-0.2, -0.15) is 17.5 Å². The van der Waals surface area contributed by atoms with Crippen LogP contribution in [0.15, 0.2) is 114 Å². The number of hydrogen-bond acceptors (Lipinski definition) is 19. The Morgan fingerprint density at radius 3 is 1.53 bits per heavy atom. The maximum absolute atomic E-state index is 12.7. The highest BCUT2D eigenvalue weighted by atomic mass is 32.2. The largest absolute Gasteiger partial charge is 0.481 e. The van der Waals surface area contributed by atoms with Crippen LogP contribution in [0.4, 0.5) is 5.69 Å². The van der Waals surface area contributed by atoms with Gasteiger partial charge >= 0.3 is 57.4 Å². The van der Waals surface area contributed by atoms with E-state index in [1.807, 2.05) is 24.6 Å². The Morgan fingerprint density at radius 1 is 0.571 bits per heavy atom. The number of aromatic carboxylic acids is 2. The van der Waals surface area contributed by atoms with Crippen LogP contribution in [-0.4, -0.2) is 165 Å². The normalized spacial score (nSPS) is 12.9. The third-order valence-corrected chi connectivity index (χ3v) is 20.8. The number of nitrogens with zero attached hydrogens (tertiary/aromatic N) is 1. The number of carbonyl (C=O) groups excluding carboxylic acids is 3. The van der Waals surface area contributed by atoms with Crippen molar-refractivity contribution in [3.05, 3.63) is 126 Å². The van der Waals surface area contributed by atoms with Crippen LogP contribution in [-0.2, 0) is 71.7 Å². The molecule has 626 valence electrons. The number of amides is 2. The summed E-state index contributed by atoms with van der Waals surface area (Å²) >= 11 is 0. The van der Waals surface area contributed by atoms with Crippen LogP contribution in [0.25, 0.3) is 21.5 Å². The Morgan fingerprint density at radius 2 is 1.06 bits per heavy atom. The number of carboxylic acids is 6. The summed E-state index contributed by atoms with van der Waals surface area (Å²) in [6, 6.07) is 24.7. The quantitative estimate of drug-likeness (QED) is 0.00430. The van der Waals surface area contributed by atoms with Crippen molar-refractivity contribution in [3.63, 3.8) is 0 Å². The Kier molecular flexibility index (Phi) is 50.6. The minimum Gasteiger partial charge on any atom is -0.481 e. The molecule has 0 aromatic heterocycles. The first kappa shape index (κ1) is 101. The standard InChI is InChI=1S/C23H45NO3.C15H18N2O7S2.C12H8O4.C12H14O4.C10H15NO3.C4H12O7P2/c1-2-3-4-5-6-7-8-9-10-11-12-13-14-15-16-17-21-24-22(25)19-18-20-23(26)27;1-17(2)13-7-3-6-11-10(13)5-4-8-14(11)26(23,24)16-12(15(18)19)9-25(20,21)22;13-11(14)9-5-7-3-1-2-4-8(7)6-10(9)12(15)16;1-9-4-2-5-10(8-9)16-12(15)7-3-6-11(13)14;12-9(6-7-10(13)14)11-8-4-2-1-3-5-8;1-2-3-4-10-13(8,9)11-12(5,6)7/h2-21H2,1H3,(H,24,25)(H,26,27);3-8,12,16H,9H2,1-2H3,(H,18,19)(H,20,21,22);1-6H,(H,13,14)(H,15,16);2,4-5,8H,3,6-7H2,1H3,(H,13,14);6-8H,1-5H2,(H,11,12)(H,13,14);2-4H2,1H3,(H,8,9)(H2,5,6,7)/b;;;;7-6-;/t;12-;;;;/m.0..../s1. The van der Waals surface area contributed by atoms with E-state index in [1.165, 1.54) is 127 Å². The van der Waals surface area contributed by atoms with Gasteiger partial charge in [0.15, 0.2) is 0 Å². The van der Waals surface area contributed by atoms with Gasteiger partial charge in [0, 0.05) is 81.0 Å². The summed E-state index contributed by atoms with van der Waals surface area (Å²) in [6.07, 6.45) is 31.6. The minimum atomic E-state index is -4.97. The second-order valence-corrected chi connectivity index (χ2v) is 32.3. The summed E-state index contributed by atoms with van der Waals surface area (Å²) in [7, 11) is -15.1. The fourth-order valence-electron chi connectivity index (χ4n) is 10.9. The van der Waals surface area contributed by atoms with Crippen LogP contribution in [0, 0.1) is 6.92 Å². The highest BCUT2D eigenvalue weighted by molar-refractivity contribution is 7.90. The molecule has 0 bridgehead atoms. The van der Waals surface area contributed by atoms with Crippen LogP contribution in [0.3, 0.4) is 0 Å². The summed E-state index contributed by atoms with van der Waals surface area (Å²) in [6.45, 7) is 6.65. The average molecular weight is 1660 g/mol. The number of unbranched alkanes of at least 4 members (excludes halogenated alkanes) is 16. The molecule has 5 aromatic carbocycles. The maximum Gasteiger partial charge on any atom is 0.481 e. The van der Waals surface area contributed by atoms with Gasteiger partial charge in [0.05, 0.1) is 22.6 Å². The zero-order chi connectivity index (χ0) is 84.3. The van der Waals surface area contributed by atoms with E-state index in [9.17, 15) is 69.1 Å². The summed E-state index contributed by atoms with van der Waals surface area (Å²) in [5.41, 5.74) is 1.39. The number of fused-ring (bicyclic) bond motifs is 2. The molecule has 1 unspecified atom stereocenters. The zero-order valence-electron chi connectivity index (χ0n) is 64.2. The van der Waals surface area contributed by atoms with E-state index in [1.54, 1.807) is 85.7 Å². The van der Waals surface area contributed by atoms with Gasteiger partial charge in [-0.15, -0.1) is 0 Å². The molecular weight excluding hydrogens is 1540 g/mol. The average Bonchev–Trinajstić information content (AvgIpc) is 0.761. The number of aryl methyl sites for hydroxylation is 1. The molecule has 1 aliphatic carbocycles. The van der Waals surface area contributed by atoms with Crippen LogP contribution >= 0.6 is 15.6 Å². The molecule has 36 heteroatoms. The SMILES string of the molecule is CCCCCCCCCCCCCCCCCCNC(=O)CCCC(=O)O.CCCCOP(=O)(O)OP(=O)(O)O.CN(C)c1cccc2c(S(=O)(=O)N[C@@H](CS(=O)(=O)O)C(=O)O)cccc12.Cc1cccc(OC(=O)CCCC(=O)O)c1.O=C(O)/C=C\C(=O)NC1CCCCC1.O=C(O)c1cc2ccccc2cc1C(=O)O. The molecule has 112 heavy (non-hydrogen) atoms. The number of benzene rings is 5. The number of carboxylic acid groups (broad SMARTS) is 6. The second-order valence-electron chi connectivity index (χ2n) is 26.3. The van der Waals surface area contributed by atoms with Crippen molar-refractivity contribution in [2.45, 2.75) is 224 Å². The molecule has 2 atom stereocenters. The molecule has 0 saturated heterocycles. The number of ether oxygens (including phenoxy) is 1. The molecule has 1 fully saturated rings. The highest BCUT2D eigenvalue weighted by Crippen LogP contribution is 2.57. The van der Waals surface area contributed by atoms with E-state index in [-0.39, 0.29) is 59.7 Å². The third kappa shape index (κ3) is 49.1. The summed E-state index contributed by atoms with van der Waals surface area (Å²) in [4.78, 5) is 124. The molecule has 0 radical (unpaired) electrons. The van der Waals surface area contributed by atoms with E-state index in [0.29, 0.717) is 53.0 Å². The molecule has 5 aromatic rings. The van der Waals surface area contributed by atoms with E-state index in [2.05, 4.69) is 26.4 Å². The molecule has 0 spiro atoms. The predicted octanol–water partition coefficient (Wildman–Crippen LogP) is 13.6. The van der Waals surface area contributed by atoms with E-state index >= 15 is 0 Å². The molecule has 1 saturated carbocycles. The molecule has 13 N–H and O–H groups in total. The van der Waals surface area contributed by atoms with Gasteiger partial charge in [-0.05, 0) is 98.2 Å². The number of phosphoric ester groups is 1. The number of rotatable bonds is 44. The van der Waals surface area contributed by atoms with Crippen LogP contribution in [0.5, 0.6) is 5.75 Å². The van der Waals surface area contributed by atoms with Gasteiger partial charge in [-0.1, -0.05) is 197 Å². The Bertz CT molecular complexity index is 4080. The lowest BCUT2D eigenvalue weighted by molar-refractivity contribution is -0.139. The van der Waals surface area contributed by atoms with Gasteiger partial charge in [0.2, 0.25) is 21.8 Å². The number of aliphatic carboxylic acids is 4. The topological polar surface area (TPSA) is 525 Å². The van der Waals surface area contributed by atoms with Crippen LogP contribution in [0.2, 0.25) is 0 Å². The smallest absolute Gasteiger partial charge is 0.481 e. The summed E-state index contributed by atoms with van der Waals surface area (Å²) < 4.78 is 91.6. The molecule has 1 aliphatic rings. The van der Waals surface area contributed by atoms with Gasteiger partial charge in [0.25, 0.3) is 10.1 Å². The number of nitrogens with one attached hydrogen (secondary N) is 3. The van der Waals surface area contributed by atoms with Gasteiger partial charge in [-0.25, -0.2) is 31.9 Å². The fraction of sp³-hybridized carbons (Fsp3) is 0.513. The molecule has 32 nitrogen and oxygen atoms in total. The van der Waals surface area contributed by atoms with Crippen molar-refractivity contribution >= 4 is 117 Å². The Hall–Kier alpha value is -8.53. The maximum atomic E-state index is 12.7. The lowest BCUT2D eigenvalue weighted by Gasteiger charge is -2.21. The zero-order valence-corrected chi connectivity index (χ0v) is 67.6. The van der Waals surface area contributed by atoms with Crippen molar-refractivity contribution < 1.29 is 133 Å². The van der Waals surface area contributed by atoms with Crippen LogP contribution in [0.1, 0.15) is 226 Å². The lowest BCUT2D eigenvalue weighted by atomic mass is 9.95. The number of hydrogen-bond donors (Lipinski definition) is 13. The number of phosphoric acid groups is 2. The molecule has 0 aliphatic heterocycles. The van der Waals surface area contributed by atoms with E-state index in [4.69, 9.17) is 54.6 Å². The van der Waals surface area contributed by atoms with Gasteiger partial charge in [0.1, 0.15) is 17.5 Å². The first-order valence-electron chi connectivity index (χ1n) is 37.0. The highest BCUT2D eigenvalue weighted by Gasteiger charge is 2.33. The number of anilines is 1. The number of carbonyl (C=O) groups is 9. The Balaban J connectivity index is 0.000000687. The molecule has 2 amide bonds. The molecule has 0 heterocycles. The lowest BCUT2D eigenvalue weighted by Crippen LogP contribution is -2.45. The second kappa shape index (κ2) is 55.8. The number of esters is 1. The van der Waals surface area contributed by atoms with Crippen molar-refractivity contribution in [1.82, 2.24) is 15.4 Å². The first-order chi connectivity index (χ1) is 52.7. The van der Waals surface area contributed by atoms with E-state index in [0.717, 1.165) is 68.5 Å². The molecule has 6 rings (SSSR count). The van der Waals surface area contributed by atoms with Crippen molar-refractivity contribution in [1.29, 1.82) is 0 Å². The Labute approximate surface area is 654 Å². The monoisotopic (exact) mass is 1650 g/mol. The number of sulfonamides is 1. The summed E-state index contributed by atoms with van der Waals surface area (Å²) in [5, 5.41) is 60.2. The third-order valence-electron chi connectivity index (χ3n) is 16.4. The molecular formula is C76H112N4O28P2S2. The van der Waals surface area contributed by atoms with Crippen molar-refractivity contribution in [2.24, 2.45) is 0 Å². The van der Waals surface area contributed by atoms with Crippen molar-refractivity contribution in [3.8, 4) is 5.75 Å². The predicted molar refractivity (Wildman–Crippen MR) is 422 cm³/mol. The fourth-order valence-corrected chi connectivity index (χ4v) is 14.6.